The first-order chi connectivity index (χ1) is 14.9. The second-order valence-electron chi connectivity index (χ2n) is 5.64. The van der Waals surface area contributed by atoms with Crippen molar-refractivity contribution in [1.82, 2.24) is 0 Å². The Hall–Kier alpha value is -3.06. The van der Waals surface area contributed by atoms with Gasteiger partial charge in [0.25, 0.3) is 0 Å². The fraction of sp³-hybridized carbons (Fsp3) is 0.125. The summed E-state index contributed by atoms with van der Waals surface area (Å²) < 4.78 is 8.25. The van der Waals surface area contributed by atoms with Crippen molar-refractivity contribution in [2.45, 2.75) is 20.0 Å². The molecule has 0 amide bonds. The van der Waals surface area contributed by atoms with Crippen molar-refractivity contribution >= 4 is 18.9 Å². The van der Waals surface area contributed by atoms with E-state index in [1.807, 2.05) is 12.1 Å². The molecule has 0 saturated heterocycles. The van der Waals surface area contributed by atoms with Gasteiger partial charge in [0.15, 0.2) is 6.29 Å². The molecule has 0 aromatic heterocycles. The van der Waals surface area contributed by atoms with Crippen molar-refractivity contribution in [3.8, 4) is 5.75 Å². The number of aliphatic hydroxyl groups excluding tert-OH is 1. The van der Waals surface area contributed by atoms with E-state index in [1.165, 1.54) is 6.07 Å². The summed E-state index contributed by atoms with van der Waals surface area (Å²) in [6.07, 6.45) is 2.01. The first kappa shape index (κ1) is 30.1. The number of carbonyl (C=O) groups is 3. The van der Waals surface area contributed by atoms with Gasteiger partial charge in [-0.3, -0.25) is 4.79 Å². The molecule has 0 spiro atoms. The monoisotopic (exact) mass is 456 g/mol. The number of benzene rings is 3. The van der Waals surface area contributed by atoms with Gasteiger partial charge in [-0.05, 0) is 26.0 Å². The first-order valence-electron chi connectivity index (χ1n) is 8.90. The Balaban J connectivity index is 0. The van der Waals surface area contributed by atoms with Crippen LogP contribution < -0.4 is 0 Å². The van der Waals surface area contributed by atoms with Crippen LogP contribution in [0.25, 0.3) is 0 Å². The summed E-state index contributed by atoms with van der Waals surface area (Å²) in [6.45, 7) is 3.44. The van der Waals surface area contributed by atoms with E-state index in [9.17, 15) is 14.4 Å². The molecular weight excluding hydrogens is 432 g/mol. The molecule has 7 heteroatoms. The van der Waals surface area contributed by atoms with Crippen LogP contribution in [0.5, 0.6) is 5.75 Å². The third-order valence-corrected chi connectivity index (χ3v) is 2.78. The number of hydrogen-bond donors (Lipinski definition) is 2. The van der Waals surface area contributed by atoms with Gasteiger partial charge in [-0.25, -0.2) is 0 Å². The molecule has 0 aliphatic rings. The molecule has 0 fully saturated rings. The summed E-state index contributed by atoms with van der Waals surface area (Å²) in [5, 5.41) is 16.9. The molecule has 0 unspecified atom stereocenters. The van der Waals surface area contributed by atoms with Gasteiger partial charge in [0.1, 0.15) is 5.75 Å². The maximum absolute atomic E-state index is 10.1. The molecular formula is C24H24O6Ti. The first-order valence-corrected chi connectivity index (χ1v) is 9.53. The molecule has 3 rings (SSSR count). The van der Waals surface area contributed by atoms with Crippen LogP contribution in [0.1, 0.15) is 44.9 Å². The Kier molecular flexibility index (Phi) is 21.0. The Morgan fingerprint density at radius 3 is 1.35 bits per heavy atom. The fourth-order valence-electron chi connectivity index (χ4n) is 1.55. The van der Waals surface area contributed by atoms with Gasteiger partial charge in [0, 0.05) is 6.10 Å². The van der Waals surface area contributed by atoms with Crippen LogP contribution in [0, 0.1) is 12.1 Å². The van der Waals surface area contributed by atoms with Crippen LogP contribution in [0.3, 0.4) is 0 Å². The molecule has 0 saturated carbocycles. The molecule has 0 atom stereocenters. The summed E-state index contributed by atoms with van der Waals surface area (Å²) in [4.78, 5) is 30.0. The summed E-state index contributed by atoms with van der Waals surface area (Å²) in [7, 11) is 0. The predicted octanol–water partition coefficient (Wildman–Crippen LogP) is 4.07. The molecule has 31 heavy (non-hydrogen) atoms. The second kappa shape index (κ2) is 21.6. The van der Waals surface area contributed by atoms with E-state index in [2.05, 4.69) is 12.1 Å². The minimum absolute atomic E-state index is 0.0347. The van der Waals surface area contributed by atoms with E-state index in [4.69, 9.17) is 13.5 Å². The van der Waals surface area contributed by atoms with E-state index in [0.717, 1.165) is 33.0 Å². The number of carbonyl (C=O) groups excluding carboxylic acids is 3. The second-order valence-corrected chi connectivity index (χ2v) is 5.64. The van der Waals surface area contributed by atoms with Gasteiger partial charge in [0.05, 0.1) is 18.1 Å². The number of aromatic hydroxyl groups is 1. The van der Waals surface area contributed by atoms with Gasteiger partial charge in [-0.2, -0.15) is 0 Å². The molecule has 0 heterocycles. The number of aliphatic hydroxyl groups is 1. The summed E-state index contributed by atoms with van der Waals surface area (Å²) in [5.41, 5.74) is 1.54. The van der Waals surface area contributed by atoms with E-state index >= 15 is 0 Å². The standard InChI is InChI=1S/C7H6O2.2C7H5O.C3H8O.O.Ti/c8-5-6-3-1-2-4-7(6)9;2*8-6-7-4-2-1-3-5-7;1-3(2)4;;/h1-5,9H;2*1-4,6H;3-4H,1-2H3;;/q;2*-1;;;+2. The fourth-order valence-corrected chi connectivity index (χ4v) is 1.55. The molecule has 0 aliphatic heterocycles. The Bertz CT molecular complexity index is 793. The van der Waals surface area contributed by atoms with Crippen molar-refractivity contribution in [1.29, 1.82) is 0 Å². The van der Waals surface area contributed by atoms with E-state index in [0.29, 0.717) is 23.0 Å². The van der Waals surface area contributed by atoms with Crippen LogP contribution in [-0.4, -0.2) is 35.2 Å². The summed E-state index contributed by atoms with van der Waals surface area (Å²) >= 11 is 0.750. The van der Waals surface area contributed by atoms with Gasteiger partial charge in [-0.1, -0.05) is 12.1 Å². The normalized spacial score (nSPS) is 8.32. The van der Waals surface area contributed by atoms with Crippen molar-refractivity contribution < 1.29 is 48.3 Å². The Labute approximate surface area is 194 Å². The number of rotatable bonds is 3. The zero-order chi connectivity index (χ0) is 23.9. The van der Waals surface area contributed by atoms with Gasteiger partial charge in [0.2, 0.25) is 0 Å². The third-order valence-electron chi connectivity index (χ3n) is 2.78. The molecule has 0 bridgehead atoms. The SMILES string of the molecule is CC(C)O.O=Cc1[c-]cccc1.O=Cc1[c-]cccc1.O=Cc1ccccc1O.[O]=[Ti+2]. The summed E-state index contributed by atoms with van der Waals surface area (Å²) in [6, 6.07) is 26.0. The van der Waals surface area contributed by atoms with Crippen molar-refractivity contribution in [2.24, 2.45) is 0 Å². The average Bonchev–Trinajstić information content (AvgIpc) is 2.82. The quantitative estimate of drug-likeness (QED) is 0.350. The zero-order valence-corrected chi connectivity index (χ0v) is 18.8. The van der Waals surface area contributed by atoms with Crippen molar-refractivity contribution in [2.75, 3.05) is 0 Å². The van der Waals surface area contributed by atoms with Gasteiger partial charge in [-0.15, -0.1) is 71.8 Å². The van der Waals surface area contributed by atoms with E-state index in [-0.39, 0.29) is 11.9 Å². The zero-order valence-electron chi connectivity index (χ0n) is 17.3. The molecule has 3 aromatic carbocycles. The van der Waals surface area contributed by atoms with Gasteiger partial charge < -0.3 is 19.8 Å². The average molecular weight is 456 g/mol. The van der Waals surface area contributed by atoms with Crippen LogP contribution in [0.2, 0.25) is 0 Å². The van der Waals surface area contributed by atoms with Crippen molar-refractivity contribution in [3.63, 3.8) is 0 Å². The third kappa shape index (κ3) is 18.7. The van der Waals surface area contributed by atoms with Crippen LogP contribution in [-0.2, 0) is 23.7 Å². The molecule has 160 valence electrons. The number of hydrogen-bond acceptors (Lipinski definition) is 6. The molecule has 6 nitrogen and oxygen atoms in total. The number of phenolic OH excluding ortho intramolecular Hbond substituents is 1. The number of para-hydroxylation sites is 1. The Morgan fingerprint density at radius 1 is 0.742 bits per heavy atom. The maximum atomic E-state index is 10.1. The van der Waals surface area contributed by atoms with E-state index in [1.54, 1.807) is 68.4 Å². The van der Waals surface area contributed by atoms with Gasteiger partial charge >= 0.3 is 23.7 Å². The predicted molar refractivity (Wildman–Crippen MR) is 113 cm³/mol. The number of aldehydes is 3. The topological polar surface area (TPSA) is 109 Å². The molecule has 0 aliphatic carbocycles. The van der Waals surface area contributed by atoms with Crippen molar-refractivity contribution in [3.05, 3.63) is 102 Å². The van der Waals surface area contributed by atoms with Crippen LogP contribution in [0.15, 0.2) is 72.8 Å². The molecule has 0 radical (unpaired) electrons. The minimum atomic E-state index is -0.167. The Morgan fingerprint density at radius 2 is 1.13 bits per heavy atom. The van der Waals surface area contributed by atoms with E-state index < -0.39 is 0 Å². The summed E-state index contributed by atoms with van der Waals surface area (Å²) in [5.74, 6) is 0.0347. The molecule has 3 aromatic rings. The van der Waals surface area contributed by atoms with Crippen LogP contribution >= 0.6 is 0 Å². The van der Waals surface area contributed by atoms with Crippen LogP contribution in [0.4, 0.5) is 0 Å². The number of phenols is 1. The molecule has 2 N–H and O–H groups in total.